The zero-order valence-electron chi connectivity index (χ0n) is 22.1. The van der Waals surface area contributed by atoms with Gasteiger partial charge in [0.2, 0.25) is 0 Å². The van der Waals surface area contributed by atoms with Crippen LogP contribution in [0.2, 0.25) is 0 Å². The van der Waals surface area contributed by atoms with Crippen molar-refractivity contribution in [2.75, 3.05) is 34.2 Å². The molecule has 7 nitrogen and oxygen atoms in total. The lowest BCUT2D eigenvalue weighted by Crippen LogP contribution is -2.37. The summed E-state index contributed by atoms with van der Waals surface area (Å²) < 4.78 is 2.40. The highest BCUT2D eigenvalue weighted by Gasteiger charge is 2.33. The van der Waals surface area contributed by atoms with Crippen molar-refractivity contribution in [3.05, 3.63) is 52.9 Å². The number of allylic oxidation sites excluding steroid dienone is 1. The molecule has 1 aliphatic carbocycles. The quantitative estimate of drug-likeness (QED) is 0.567. The third-order valence-electron chi connectivity index (χ3n) is 8.01. The highest BCUT2D eigenvalue weighted by molar-refractivity contribution is 5.81. The first-order chi connectivity index (χ1) is 17.0. The van der Waals surface area contributed by atoms with Crippen LogP contribution in [0.3, 0.4) is 0 Å². The van der Waals surface area contributed by atoms with E-state index in [0.717, 1.165) is 56.7 Å². The molecule has 0 N–H and O–H groups in total. The van der Waals surface area contributed by atoms with Crippen molar-refractivity contribution in [2.45, 2.75) is 77.0 Å². The number of nitrogens with zero attached hydrogens (tertiary/aromatic N) is 7. The number of aromatic nitrogens is 3. The van der Waals surface area contributed by atoms with Gasteiger partial charge < -0.3 is 9.80 Å². The number of pyridine rings is 1. The molecule has 3 aliphatic rings. The molecule has 2 aromatic rings. The van der Waals surface area contributed by atoms with E-state index in [-0.39, 0.29) is 0 Å². The van der Waals surface area contributed by atoms with Crippen LogP contribution >= 0.6 is 0 Å². The average Bonchev–Trinajstić information content (AvgIpc) is 3.48. The maximum absolute atomic E-state index is 5.25. The second-order valence-electron chi connectivity index (χ2n) is 10.8. The molecular weight excluding hydrogens is 434 g/mol. The van der Waals surface area contributed by atoms with Crippen molar-refractivity contribution in [1.82, 2.24) is 29.2 Å². The van der Waals surface area contributed by atoms with Crippen LogP contribution in [0.4, 0.5) is 0 Å². The molecule has 0 unspecified atom stereocenters. The summed E-state index contributed by atoms with van der Waals surface area (Å²) in [6.45, 7) is 7.58. The Balaban J connectivity index is 1.48. The van der Waals surface area contributed by atoms with Crippen molar-refractivity contribution in [1.29, 1.82) is 0 Å². The van der Waals surface area contributed by atoms with Gasteiger partial charge in [0.05, 0.1) is 23.1 Å². The fourth-order valence-electron chi connectivity index (χ4n) is 6.12. The van der Waals surface area contributed by atoms with Crippen LogP contribution in [0.5, 0.6) is 0 Å². The van der Waals surface area contributed by atoms with E-state index in [1.807, 2.05) is 19.5 Å². The highest BCUT2D eigenvalue weighted by atomic mass is 15.3. The summed E-state index contributed by atoms with van der Waals surface area (Å²) in [5, 5.41) is 0. The number of imidazole rings is 1. The van der Waals surface area contributed by atoms with E-state index in [2.05, 4.69) is 70.4 Å². The van der Waals surface area contributed by atoms with E-state index in [1.54, 1.807) is 0 Å². The Hall–Kier alpha value is -2.51. The van der Waals surface area contributed by atoms with E-state index >= 15 is 0 Å². The van der Waals surface area contributed by atoms with Crippen molar-refractivity contribution in [3.8, 4) is 0 Å². The molecule has 0 aromatic carbocycles. The summed E-state index contributed by atoms with van der Waals surface area (Å²) in [7, 11) is 6.26. The van der Waals surface area contributed by atoms with Gasteiger partial charge in [0, 0.05) is 57.6 Å². The van der Waals surface area contributed by atoms with E-state index in [9.17, 15) is 0 Å². The monoisotopic (exact) mass is 475 g/mol. The fraction of sp³-hybridized carbons (Fsp3) is 0.607. The molecule has 2 aromatic heterocycles. The van der Waals surface area contributed by atoms with Gasteiger partial charge in [-0.2, -0.15) is 0 Å². The number of fused-ring (bicyclic) bond motifs is 2. The molecule has 188 valence electrons. The lowest BCUT2D eigenvalue weighted by Gasteiger charge is -2.37. The molecule has 0 amide bonds. The Morgan fingerprint density at radius 2 is 2.09 bits per heavy atom. The van der Waals surface area contributed by atoms with Crippen LogP contribution in [0, 0.1) is 0 Å². The number of hydrogen-bond acceptors (Lipinski definition) is 6. The largest absolute Gasteiger partial charge is 0.356 e. The third-order valence-corrected chi connectivity index (χ3v) is 8.01. The molecule has 0 radical (unpaired) electrons. The Kier molecular flexibility index (Phi) is 7.07. The van der Waals surface area contributed by atoms with E-state index < -0.39 is 0 Å². The number of aryl methyl sites for hydroxylation is 2. The summed E-state index contributed by atoms with van der Waals surface area (Å²) in [5.74, 6) is 2.47. The summed E-state index contributed by atoms with van der Waals surface area (Å²) in [6.07, 6.45) is 13.1. The average molecular weight is 476 g/mol. The van der Waals surface area contributed by atoms with E-state index in [0.29, 0.717) is 18.1 Å². The minimum absolute atomic E-state index is 0.333. The van der Waals surface area contributed by atoms with Crippen LogP contribution in [0.1, 0.15) is 74.0 Å². The van der Waals surface area contributed by atoms with E-state index in [4.69, 9.17) is 9.97 Å². The van der Waals surface area contributed by atoms with Gasteiger partial charge in [0.15, 0.2) is 0 Å². The fourth-order valence-corrected chi connectivity index (χ4v) is 6.12. The number of likely N-dealkylation sites (N-methyl/N-ethyl adjacent to an activating group) is 1. The molecule has 1 saturated heterocycles. The predicted octanol–water partition coefficient (Wildman–Crippen LogP) is 4.00. The molecule has 2 aliphatic heterocycles. The summed E-state index contributed by atoms with van der Waals surface area (Å²) in [6, 6.07) is 5.66. The van der Waals surface area contributed by atoms with Gasteiger partial charge in [-0.1, -0.05) is 6.07 Å². The maximum atomic E-state index is 5.25. The minimum atomic E-state index is 0.333. The van der Waals surface area contributed by atoms with Crippen LogP contribution < -0.4 is 0 Å². The highest BCUT2D eigenvalue weighted by Crippen LogP contribution is 2.36. The SMILES string of the molecule is CN=Cc1c(CN(C(C)C)[C@H]2CCCc3cccnc32)nc2n1C(N1CC[C@@H](N(C)C)C1)=CCC2. The molecular formula is C28H41N7. The van der Waals surface area contributed by atoms with Crippen LogP contribution in [0.25, 0.3) is 5.82 Å². The Bertz CT molecular complexity index is 1100. The summed E-state index contributed by atoms with van der Waals surface area (Å²) in [5.41, 5.74) is 4.95. The summed E-state index contributed by atoms with van der Waals surface area (Å²) in [4.78, 5) is 22.1. The van der Waals surface area contributed by atoms with Gasteiger partial charge in [0.25, 0.3) is 0 Å². The van der Waals surface area contributed by atoms with Crippen LogP contribution in [0.15, 0.2) is 29.4 Å². The minimum Gasteiger partial charge on any atom is -0.356 e. The zero-order valence-corrected chi connectivity index (χ0v) is 22.1. The zero-order chi connectivity index (χ0) is 24.5. The molecule has 0 spiro atoms. The third kappa shape index (κ3) is 4.68. The number of aliphatic imine (C=N–C) groups is 1. The molecule has 0 bridgehead atoms. The first kappa shape index (κ1) is 24.2. The van der Waals surface area contributed by atoms with Gasteiger partial charge in [-0.25, -0.2) is 4.98 Å². The Morgan fingerprint density at radius 3 is 2.83 bits per heavy atom. The molecule has 0 saturated carbocycles. The molecule has 35 heavy (non-hydrogen) atoms. The Morgan fingerprint density at radius 1 is 1.23 bits per heavy atom. The first-order valence-corrected chi connectivity index (χ1v) is 13.3. The van der Waals surface area contributed by atoms with Gasteiger partial charge in [-0.15, -0.1) is 0 Å². The van der Waals surface area contributed by atoms with Gasteiger partial charge in [0.1, 0.15) is 11.6 Å². The molecule has 4 heterocycles. The van der Waals surface area contributed by atoms with Gasteiger partial charge >= 0.3 is 0 Å². The molecule has 1 fully saturated rings. The van der Waals surface area contributed by atoms with Crippen molar-refractivity contribution in [3.63, 3.8) is 0 Å². The lowest BCUT2D eigenvalue weighted by molar-refractivity contribution is 0.124. The maximum Gasteiger partial charge on any atom is 0.115 e. The topological polar surface area (TPSA) is 52.8 Å². The Labute approximate surface area is 210 Å². The first-order valence-electron chi connectivity index (χ1n) is 13.3. The second-order valence-corrected chi connectivity index (χ2v) is 10.8. The predicted molar refractivity (Wildman–Crippen MR) is 143 cm³/mol. The van der Waals surface area contributed by atoms with Crippen LogP contribution in [-0.4, -0.2) is 81.8 Å². The van der Waals surface area contributed by atoms with Gasteiger partial charge in [-0.3, -0.25) is 19.4 Å². The summed E-state index contributed by atoms with van der Waals surface area (Å²) >= 11 is 0. The van der Waals surface area contributed by atoms with Gasteiger partial charge in [-0.05, 0) is 77.8 Å². The smallest absolute Gasteiger partial charge is 0.115 e. The lowest BCUT2D eigenvalue weighted by atomic mass is 9.90. The van der Waals surface area contributed by atoms with Crippen molar-refractivity contribution in [2.24, 2.45) is 4.99 Å². The number of hydrogen-bond donors (Lipinski definition) is 0. The number of likely N-dealkylation sites (tertiary alicyclic amines) is 1. The molecule has 2 atom stereocenters. The second kappa shape index (κ2) is 10.2. The molecule has 5 rings (SSSR count). The standard InChI is InChI=1S/C28H41N7/c1-20(2)34(24-11-6-9-21-10-8-15-30-28(21)24)19-23-25(17-29-3)35-26(31-23)12-7-13-27(35)33-16-14-22(18-33)32(4)5/h8,10,13,15,17,20,22,24H,6-7,9,11-12,14,16,18-19H2,1-5H3/t22-,24+/m1/s1. The van der Waals surface area contributed by atoms with Crippen LogP contribution in [-0.2, 0) is 19.4 Å². The van der Waals surface area contributed by atoms with E-state index in [1.165, 1.54) is 35.7 Å². The normalized spacial score (nSPS) is 22.4. The number of rotatable bonds is 7. The molecule has 7 heteroatoms. The van der Waals surface area contributed by atoms with Crippen molar-refractivity contribution < 1.29 is 0 Å². The van der Waals surface area contributed by atoms with Crippen molar-refractivity contribution >= 4 is 12.0 Å².